The normalized spacial score (nSPS) is 23.9. The van der Waals surface area contributed by atoms with Crippen LogP contribution in [0.15, 0.2) is 24.3 Å². The van der Waals surface area contributed by atoms with Crippen molar-refractivity contribution in [3.63, 3.8) is 0 Å². The lowest BCUT2D eigenvalue weighted by Gasteiger charge is -2.48. The van der Waals surface area contributed by atoms with Gasteiger partial charge in [-0.2, -0.15) is 0 Å². The molecule has 0 aliphatic carbocycles. The molecule has 2 aromatic rings. The van der Waals surface area contributed by atoms with Crippen molar-refractivity contribution in [2.75, 3.05) is 31.1 Å². The zero-order chi connectivity index (χ0) is 18.3. The van der Waals surface area contributed by atoms with E-state index in [9.17, 15) is 9.18 Å². The van der Waals surface area contributed by atoms with Crippen molar-refractivity contribution in [3.05, 3.63) is 35.6 Å². The Morgan fingerprint density at radius 3 is 2.88 bits per heavy atom. The maximum atomic E-state index is 13.7. The van der Waals surface area contributed by atoms with Crippen LogP contribution in [-0.4, -0.2) is 42.0 Å². The van der Waals surface area contributed by atoms with Crippen molar-refractivity contribution in [2.24, 2.45) is 5.41 Å². The van der Waals surface area contributed by atoms with Crippen LogP contribution >= 0.6 is 0 Å². The quantitative estimate of drug-likeness (QED) is 0.819. The van der Waals surface area contributed by atoms with Gasteiger partial charge in [-0.1, -0.05) is 0 Å². The summed E-state index contributed by atoms with van der Waals surface area (Å²) in [6.45, 7) is 7.63. The smallest absolute Gasteiger partial charge is 0.222 e. The van der Waals surface area contributed by atoms with E-state index in [1.807, 2.05) is 4.90 Å². The number of benzene rings is 1. The number of hydrogen-bond donors (Lipinski definition) is 0. The summed E-state index contributed by atoms with van der Waals surface area (Å²) in [4.78, 5) is 21.2. The maximum absolute atomic E-state index is 13.7. The van der Waals surface area contributed by atoms with Gasteiger partial charge in [0.1, 0.15) is 11.6 Å². The lowest BCUT2D eigenvalue weighted by molar-refractivity contribution is -0.137. The highest BCUT2D eigenvalue weighted by atomic mass is 19.1. The number of carbonyl (C=O) groups excluding carboxylic acids is 1. The number of rotatable bonds is 2. The number of piperidine rings is 2. The van der Waals surface area contributed by atoms with Crippen LogP contribution in [0.2, 0.25) is 0 Å². The van der Waals surface area contributed by atoms with Crippen LogP contribution in [0.4, 0.5) is 10.2 Å². The Kier molecular flexibility index (Phi) is 4.33. The Bertz CT molecular complexity index is 853. The third kappa shape index (κ3) is 3.04. The number of fused-ring (bicyclic) bond motifs is 1. The van der Waals surface area contributed by atoms with E-state index in [2.05, 4.69) is 24.8 Å². The highest BCUT2D eigenvalue weighted by molar-refractivity contribution is 5.84. The molecule has 5 heteroatoms. The van der Waals surface area contributed by atoms with E-state index in [0.717, 1.165) is 62.2 Å². The standard InChI is InChI=1S/C21H26FN3O/c1-3-24-13-21(9-7-20(24)26)8-4-10-25(14-21)19-11-15(2)17-6-5-16(22)12-18(17)23-19/h5-6,11-12H,3-4,7-10,13-14H2,1-2H3/t21-/m1/s1. The number of halogens is 1. The molecule has 2 aliphatic heterocycles. The van der Waals surface area contributed by atoms with Crippen molar-refractivity contribution >= 4 is 22.6 Å². The van der Waals surface area contributed by atoms with Gasteiger partial charge >= 0.3 is 0 Å². The van der Waals surface area contributed by atoms with Gasteiger partial charge in [-0.3, -0.25) is 4.79 Å². The van der Waals surface area contributed by atoms with Gasteiger partial charge in [0.25, 0.3) is 0 Å². The first kappa shape index (κ1) is 17.3. The second-order valence-electron chi connectivity index (χ2n) is 7.89. The average molecular weight is 355 g/mol. The molecule has 138 valence electrons. The molecule has 0 N–H and O–H groups in total. The molecule has 1 aromatic heterocycles. The van der Waals surface area contributed by atoms with Crippen LogP contribution in [0, 0.1) is 18.2 Å². The largest absolute Gasteiger partial charge is 0.356 e. The summed E-state index contributed by atoms with van der Waals surface area (Å²) in [6, 6.07) is 6.93. The number of likely N-dealkylation sites (tertiary alicyclic amines) is 1. The SMILES string of the molecule is CCN1C[C@@]2(CCCN(c3cc(C)c4ccc(F)cc4n3)C2)CCC1=O. The average Bonchev–Trinajstić information content (AvgIpc) is 2.63. The Hall–Kier alpha value is -2.17. The number of carbonyl (C=O) groups is 1. The van der Waals surface area contributed by atoms with Gasteiger partial charge in [-0.25, -0.2) is 9.37 Å². The molecule has 2 aliphatic rings. The zero-order valence-electron chi connectivity index (χ0n) is 15.6. The van der Waals surface area contributed by atoms with Gasteiger partial charge in [-0.05, 0) is 56.9 Å². The van der Waals surface area contributed by atoms with E-state index in [4.69, 9.17) is 4.98 Å². The second-order valence-corrected chi connectivity index (χ2v) is 7.89. The Morgan fingerprint density at radius 2 is 2.08 bits per heavy atom. The molecule has 1 spiro atoms. The summed E-state index contributed by atoms with van der Waals surface area (Å²) >= 11 is 0. The first-order valence-electron chi connectivity index (χ1n) is 9.59. The molecule has 0 radical (unpaired) electrons. The van der Waals surface area contributed by atoms with Crippen molar-refractivity contribution in [1.82, 2.24) is 9.88 Å². The van der Waals surface area contributed by atoms with Gasteiger partial charge in [0.05, 0.1) is 5.52 Å². The molecule has 1 atom stereocenters. The molecule has 3 heterocycles. The number of pyridine rings is 1. The fourth-order valence-electron chi connectivity index (χ4n) is 4.65. The number of hydrogen-bond acceptors (Lipinski definition) is 3. The van der Waals surface area contributed by atoms with Crippen LogP contribution in [0.3, 0.4) is 0 Å². The van der Waals surface area contributed by atoms with Crippen LogP contribution in [-0.2, 0) is 4.79 Å². The fraction of sp³-hybridized carbons (Fsp3) is 0.524. The first-order valence-corrected chi connectivity index (χ1v) is 9.59. The monoisotopic (exact) mass is 355 g/mol. The molecule has 2 fully saturated rings. The minimum absolute atomic E-state index is 0.161. The van der Waals surface area contributed by atoms with Gasteiger partial charge in [0, 0.05) is 49.5 Å². The predicted octanol–water partition coefficient (Wildman–Crippen LogP) is 3.91. The van der Waals surface area contributed by atoms with Crippen molar-refractivity contribution in [2.45, 2.75) is 39.5 Å². The lowest BCUT2D eigenvalue weighted by Crippen LogP contribution is -2.54. The third-order valence-electron chi connectivity index (χ3n) is 6.08. The molecule has 1 aromatic carbocycles. The zero-order valence-corrected chi connectivity index (χ0v) is 15.6. The molecule has 4 rings (SSSR count). The van der Waals surface area contributed by atoms with Gasteiger partial charge < -0.3 is 9.80 Å². The topological polar surface area (TPSA) is 36.4 Å². The molecule has 2 saturated heterocycles. The summed E-state index contributed by atoms with van der Waals surface area (Å²) in [6.07, 6.45) is 3.87. The molecular weight excluding hydrogens is 329 g/mol. The Labute approximate surface area is 154 Å². The number of aryl methyl sites for hydroxylation is 1. The summed E-state index contributed by atoms with van der Waals surface area (Å²) in [5.41, 5.74) is 2.00. The highest BCUT2D eigenvalue weighted by Crippen LogP contribution is 2.40. The molecule has 1 amide bonds. The molecule has 0 bridgehead atoms. The maximum Gasteiger partial charge on any atom is 0.222 e. The third-order valence-corrected chi connectivity index (χ3v) is 6.08. The van der Waals surface area contributed by atoms with Crippen LogP contribution in [0.25, 0.3) is 10.9 Å². The number of anilines is 1. The summed E-state index contributed by atoms with van der Waals surface area (Å²) < 4.78 is 13.7. The minimum Gasteiger partial charge on any atom is -0.356 e. The van der Waals surface area contributed by atoms with Gasteiger partial charge in [0.2, 0.25) is 5.91 Å². The van der Waals surface area contributed by atoms with E-state index >= 15 is 0 Å². The van der Waals surface area contributed by atoms with Crippen LogP contribution in [0.5, 0.6) is 0 Å². The van der Waals surface area contributed by atoms with E-state index in [1.54, 1.807) is 6.07 Å². The molecule has 0 saturated carbocycles. The second kappa shape index (κ2) is 6.53. The number of amides is 1. The fourth-order valence-corrected chi connectivity index (χ4v) is 4.65. The molecule has 0 unspecified atom stereocenters. The van der Waals surface area contributed by atoms with Crippen molar-refractivity contribution in [3.8, 4) is 0 Å². The number of aromatic nitrogens is 1. The van der Waals surface area contributed by atoms with Crippen LogP contribution < -0.4 is 4.90 Å². The minimum atomic E-state index is -0.249. The van der Waals surface area contributed by atoms with Gasteiger partial charge in [0.15, 0.2) is 0 Å². The van der Waals surface area contributed by atoms with E-state index in [0.29, 0.717) is 11.9 Å². The summed E-state index contributed by atoms with van der Waals surface area (Å²) in [5, 5.41) is 1.00. The summed E-state index contributed by atoms with van der Waals surface area (Å²) in [5.74, 6) is 0.964. The van der Waals surface area contributed by atoms with Crippen molar-refractivity contribution in [1.29, 1.82) is 0 Å². The Balaban J connectivity index is 1.64. The van der Waals surface area contributed by atoms with E-state index in [1.165, 1.54) is 12.1 Å². The first-order chi connectivity index (χ1) is 12.5. The summed E-state index contributed by atoms with van der Waals surface area (Å²) in [7, 11) is 0. The van der Waals surface area contributed by atoms with E-state index < -0.39 is 0 Å². The number of nitrogens with zero attached hydrogens (tertiary/aromatic N) is 3. The van der Waals surface area contributed by atoms with Crippen molar-refractivity contribution < 1.29 is 9.18 Å². The Morgan fingerprint density at radius 1 is 1.23 bits per heavy atom. The lowest BCUT2D eigenvalue weighted by atomic mass is 9.73. The molecule has 4 nitrogen and oxygen atoms in total. The van der Waals surface area contributed by atoms with Gasteiger partial charge in [-0.15, -0.1) is 0 Å². The highest BCUT2D eigenvalue weighted by Gasteiger charge is 2.41. The molecular formula is C21H26FN3O. The predicted molar refractivity (Wildman–Crippen MR) is 102 cm³/mol. The van der Waals surface area contributed by atoms with E-state index in [-0.39, 0.29) is 17.1 Å². The van der Waals surface area contributed by atoms with Crippen LogP contribution in [0.1, 0.15) is 38.2 Å². The molecule has 26 heavy (non-hydrogen) atoms.